The maximum atomic E-state index is 5.54. The summed E-state index contributed by atoms with van der Waals surface area (Å²) >= 11 is 0. The van der Waals surface area contributed by atoms with Crippen LogP contribution in [0, 0.1) is 0 Å². The van der Waals surface area contributed by atoms with Gasteiger partial charge in [-0.15, -0.1) is 4.98 Å². The Kier molecular flexibility index (Phi) is 4.65. The highest BCUT2D eigenvalue weighted by atomic mass is 16.5. The third-order valence-electron chi connectivity index (χ3n) is 2.11. The first-order valence-corrected chi connectivity index (χ1v) is 6.42. The van der Waals surface area contributed by atoms with Gasteiger partial charge in [0.1, 0.15) is 5.75 Å². The van der Waals surface area contributed by atoms with Gasteiger partial charge in [-0.1, -0.05) is 0 Å². The summed E-state index contributed by atoms with van der Waals surface area (Å²) in [4.78, 5) is 16.4. The fraction of sp³-hybridized carbons (Fsp3) is 0.385. The van der Waals surface area contributed by atoms with Crippen LogP contribution < -0.4 is 14.8 Å². The molecule has 20 heavy (non-hydrogen) atoms. The average Bonchev–Trinajstić information content (AvgIpc) is 2.39. The zero-order valence-corrected chi connectivity index (χ0v) is 11.7. The van der Waals surface area contributed by atoms with Crippen LogP contribution in [0.25, 0.3) is 0 Å². The molecule has 0 bridgehead atoms. The quantitative estimate of drug-likeness (QED) is 0.865. The van der Waals surface area contributed by atoms with E-state index in [0.29, 0.717) is 18.2 Å². The summed E-state index contributed by atoms with van der Waals surface area (Å²) in [5.74, 6) is 0.966. The Labute approximate surface area is 117 Å². The normalized spacial score (nSPS) is 10.4. The number of pyridine rings is 1. The first-order chi connectivity index (χ1) is 9.67. The second-order valence-corrected chi connectivity index (χ2v) is 4.21. The number of nitrogens with zero attached hydrogens (tertiary/aromatic N) is 4. The van der Waals surface area contributed by atoms with Gasteiger partial charge in [-0.05, 0) is 32.9 Å². The first-order valence-electron chi connectivity index (χ1n) is 6.42. The van der Waals surface area contributed by atoms with Gasteiger partial charge in [0.2, 0.25) is 5.95 Å². The van der Waals surface area contributed by atoms with Gasteiger partial charge in [-0.2, -0.15) is 9.97 Å². The largest absolute Gasteiger partial charge is 0.461 e. The summed E-state index contributed by atoms with van der Waals surface area (Å²) < 4.78 is 11.0. The molecule has 7 heteroatoms. The van der Waals surface area contributed by atoms with Crippen LogP contribution in [-0.2, 0) is 0 Å². The van der Waals surface area contributed by atoms with Crippen LogP contribution in [0.2, 0.25) is 0 Å². The molecule has 0 radical (unpaired) electrons. The SMILES string of the molecule is CCNc1nc(Oc2cccnc2)nc(OC(C)C)n1. The van der Waals surface area contributed by atoms with Crippen molar-refractivity contribution in [2.75, 3.05) is 11.9 Å². The van der Waals surface area contributed by atoms with E-state index in [1.807, 2.05) is 20.8 Å². The van der Waals surface area contributed by atoms with E-state index in [2.05, 4.69) is 25.3 Å². The molecule has 2 rings (SSSR count). The van der Waals surface area contributed by atoms with Gasteiger partial charge < -0.3 is 14.8 Å². The number of rotatable bonds is 6. The van der Waals surface area contributed by atoms with Crippen LogP contribution in [0.3, 0.4) is 0 Å². The minimum Gasteiger partial charge on any atom is -0.461 e. The molecule has 0 amide bonds. The molecule has 0 atom stereocenters. The predicted octanol–water partition coefficient (Wildman–Crippen LogP) is 2.28. The van der Waals surface area contributed by atoms with Crippen molar-refractivity contribution in [3.63, 3.8) is 0 Å². The molecule has 0 fully saturated rings. The zero-order valence-electron chi connectivity index (χ0n) is 11.7. The van der Waals surface area contributed by atoms with E-state index in [-0.39, 0.29) is 18.1 Å². The molecule has 0 saturated heterocycles. The molecule has 2 heterocycles. The van der Waals surface area contributed by atoms with Crippen LogP contribution in [0.15, 0.2) is 24.5 Å². The van der Waals surface area contributed by atoms with E-state index in [0.717, 1.165) is 0 Å². The molecule has 0 unspecified atom stereocenters. The Morgan fingerprint density at radius 3 is 2.65 bits per heavy atom. The lowest BCUT2D eigenvalue weighted by molar-refractivity contribution is 0.218. The molecular weight excluding hydrogens is 258 g/mol. The van der Waals surface area contributed by atoms with Crippen LogP contribution in [0.5, 0.6) is 17.8 Å². The second-order valence-electron chi connectivity index (χ2n) is 4.21. The van der Waals surface area contributed by atoms with E-state index in [1.165, 1.54) is 0 Å². The number of hydrogen-bond donors (Lipinski definition) is 1. The van der Waals surface area contributed by atoms with Crippen molar-refractivity contribution in [3.8, 4) is 17.8 Å². The molecule has 7 nitrogen and oxygen atoms in total. The highest BCUT2D eigenvalue weighted by Crippen LogP contribution is 2.19. The molecule has 1 N–H and O–H groups in total. The van der Waals surface area contributed by atoms with Crippen LogP contribution in [0.4, 0.5) is 5.95 Å². The van der Waals surface area contributed by atoms with Crippen molar-refractivity contribution < 1.29 is 9.47 Å². The van der Waals surface area contributed by atoms with Gasteiger partial charge in [0.25, 0.3) is 0 Å². The average molecular weight is 275 g/mol. The van der Waals surface area contributed by atoms with E-state index < -0.39 is 0 Å². The fourth-order valence-corrected chi connectivity index (χ4v) is 1.40. The Hall–Kier alpha value is -2.44. The molecule has 106 valence electrons. The third-order valence-corrected chi connectivity index (χ3v) is 2.11. The lowest BCUT2D eigenvalue weighted by Crippen LogP contribution is -2.12. The Morgan fingerprint density at radius 1 is 1.20 bits per heavy atom. The van der Waals surface area contributed by atoms with Gasteiger partial charge >= 0.3 is 12.0 Å². The topological polar surface area (TPSA) is 82.1 Å². The summed E-state index contributed by atoms with van der Waals surface area (Å²) in [5.41, 5.74) is 0. The molecule has 0 aliphatic rings. The smallest absolute Gasteiger partial charge is 0.330 e. The van der Waals surface area contributed by atoms with E-state index in [4.69, 9.17) is 9.47 Å². The van der Waals surface area contributed by atoms with Crippen molar-refractivity contribution in [2.24, 2.45) is 0 Å². The third kappa shape index (κ3) is 4.04. The minimum atomic E-state index is -0.0295. The number of nitrogens with one attached hydrogen (secondary N) is 1. The summed E-state index contributed by atoms with van der Waals surface area (Å²) in [5, 5.41) is 3.01. The summed E-state index contributed by atoms with van der Waals surface area (Å²) in [6.45, 7) is 6.45. The van der Waals surface area contributed by atoms with Crippen molar-refractivity contribution in [1.82, 2.24) is 19.9 Å². The Morgan fingerprint density at radius 2 is 2.00 bits per heavy atom. The number of ether oxygens (including phenoxy) is 2. The van der Waals surface area contributed by atoms with Crippen LogP contribution in [-0.4, -0.2) is 32.6 Å². The molecule has 2 aromatic heterocycles. The zero-order chi connectivity index (χ0) is 14.4. The molecule has 0 saturated carbocycles. The van der Waals surface area contributed by atoms with Crippen molar-refractivity contribution in [3.05, 3.63) is 24.5 Å². The summed E-state index contributed by atoms with van der Waals surface area (Å²) in [7, 11) is 0. The number of hydrogen-bond acceptors (Lipinski definition) is 7. The van der Waals surface area contributed by atoms with E-state index in [1.54, 1.807) is 24.5 Å². The van der Waals surface area contributed by atoms with Crippen LogP contribution >= 0.6 is 0 Å². The van der Waals surface area contributed by atoms with Crippen molar-refractivity contribution in [1.29, 1.82) is 0 Å². The maximum absolute atomic E-state index is 5.54. The van der Waals surface area contributed by atoms with Gasteiger partial charge in [-0.3, -0.25) is 4.98 Å². The van der Waals surface area contributed by atoms with Gasteiger partial charge in [0, 0.05) is 12.7 Å². The molecule has 2 aromatic rings. The molecule has 0 aromatic carbocycles. The molecule has 0 spiro atoms. The first kappa shape index (κ1) is 14.0. The highest BCUT2D eigenvalue weighted by Gasteiger charge is 2.10. The fourth-order valence-electron chi connectivity index (χ4n) is 1.40. The van der Waals surface area contributed by atoms with E-state index >= 15 is 0 Å². The van der Waals surface area contributed by atoms with Crippen molar-refractivity contribution >= 4 is 5.95 Å². The Balaban J connectivity index is 2.24. The van der Waals surface area contributed by atoms with Gasteiger partial charge in [0.05, 0.1) is 12.3 Å². The van der Waals surface area contributed by atoms with Gasteiger partial charge in [0.15, 0.2) is 0 Å². The number of aromatic nitrogens is 4. The van der Waals surface area contributed by atoms with E-state index in [9.17, 15) is 0 Å². The molecule has 0 aliphatic carbocycles. The maximum Gasteiger partial charge on any atom is 0.330 e. The monoisotopic (exact) mass is 275 g/mol. The predicted molar refractivity (Wildman–Crippen MR) is 74.1 cm³/mol. The number of anilines is 1. The summed E-state index contributed by atoms with van der Waals surface area (Å²) in [6.07, 6.45) is 3.22. The standard InChI is InChI=1S/C13H17N5O2/c1-4-15-11-16-12(19-9(2)3)18-13(17-11)20-10-6-5-7-14-8-10/h5-9H,4H2,1-3H3,(H,15,16,17,18). The minimum absolute atomic E-state index is 0.0295. The van der Waals surface area contributed by atoms with Crippen molar-refractivity contribution in [2.45, 2.75) is 26.9 Å². The van der Waals surface area contributed by atoms with Gasteiger partial charge in [-0.25, -0.2) is 0 Å². The lowest BCUT2D eigenvalue weighted by Gasteiger charge is -2.10. The summed E-state index contributed by atoms with van der Waals surface area (Å²) in [6, 6.07) is 3.93. The highest BCUT2D eigenvalue weighted by molar-refractivity contribution is 5.29. The molecule has 0 aliphatic heterocycles. The Bertz CT molecular complexity index is 548. The van der Waals surface area contributed by atoms with Crippen LogP contribution in [0.1, 0.15) is 20.8 Å². The lowest BCUT2D eigenvalue weighted by atomic mass is 10.5. The second kappa shape index (κ2) is 6.65. The molecular formula is C13H17N5O2.